The summed E-state index contributed by atoms with van der Waals surface area (Å²) < 4.78 is 0. The van der Waals surface area contributed by atoms with E-state index in [0.717, 1.165) is 44.9 Å². The minimum absolute atomic E-state index is 0.520. The van der Waals surface area contributed by atoms with Crippen molar-refractivity contribution in [1.82, 2.24) is 15.5 Å². The van der Waals surface area contributed by atoms with Crippen LogP contribution >= 0.6 is 0 Å². The Kier molecular flexibility index (Phi) is 6.10. The molecule has 5 nitrogen and oxygen atoms in total. The van der Waals surface area contributed by atoms with Crippen molar-refractivity contribution in [3.05, 3.63) is 0 Å². The lowest BCUT2D eigenvalue weighted by Crippen LogP contribution is -2.45. The molecule has 1 aliphatic carbocycles. The predicted octanol–water partition coefficient (Wildman–Crippen LogP) is 0.942. The first-order valence-electron chi connectivity index (χ1n) is 8.19. The Morgan fingerprint density at radius 2 is 1.90 bits per heavy atom. The van der Waals surface area contributed by atoms with Gasteiger partial charge in [-0.1, -0.05) is 6.42 Å². The summed E-state index contributed by atoms with van der Waals surface area (Å²) in [6.45, 7) is 7.91. The second-order valence-electron chi connectivity index (χ2n) is 6.10. The van der Waals surface area contributed by atoms with Crippen LogP contribution in [0.15, 0.2) is 4.99 Å². The zero-order valence-electron chi connectivity index (χ0n) is 12.8. The van der Waals surface area contributed by atoms with Gasteiger partial charge in [0.15, 0.2) is 5.96 Å². The second-order valence-corrected chi connectivity index (χ2v) is 6.10. The van der Waals surface area contributed by atoms with Gasteiger partial charge in [0.25, 0.3) is 0 Å². The monoisotopic (exact) mass is 282 g/mol. The van der Waals surface area contributed by atoms with Crippen LogP contribution in [0.4, 0.5) is 0 Å². The van der Waals surface area contributed by atoms with Crippen molar-refractivity contribution < 1.29 is 5.11 Å². The van der Waals surface area contributed by atoms with Gasteiger partial charge >= 0.3 is 0 Å². The Labute approximate surface area is 122 Å². The van der Waals surface area contributed by atoms with Gasteiger partial charge < -0.3 is 20.6 Å². The van der Waals surface area contributed by atoms with Gasteiger partial charge in [0.2, 0.25) is 0 Å². The molecule has 2 rings (SSSR count). The molecule has 0 radical (unpaired) electrons. The Hall–Kier alpha value is -0.810. The summed E-state index contributed by atoms with van der Waals surface area (Å²) >= 11 is 0. The third-order valence-electron chi connectivity index (χ3n) is 4.33. The van der Waals surface area contributed by atoms with E-state index in [1.54, 1.807) is 0 Å². The maximum absolute atomic E-state index is 10.1. The SMILES string of the molecule is CCNC(=NCC1(O)CCC1)NCCN1CCCCC1. The Morgan fingerprint density at radius 1 is 1.15 bits per heavy atom. The van der Waals surface area contributed by atoms with Crippen LogP contribution in [0, 0.1) is 0 Å². The molecule has 0 bridgehead atoms. The molecular formula is C15H30N4O. The predicted molar refractivity (Wildman–Crippen MR) is 83.1 cm³/mol. The van der Waals surface area contributed by atoms with Gasteiger partial charge in [0, 0.05) is 19.6 Å². The van der Waals surface area contributed by atoms with Crippen molar-refractivity contribution in [2.75, 3.05) is 39.3 Å². The molecule has 0 aromatic heterocycles. The zero-order chi connectivity index (χ0) is 14.3. The first-order chi connectivity index (χ1) is 9.72. The van der Waals surface area contributed by atoms with Crippen molar-refractivity contribution in [2.24, 2.45) is 4.99 Å². The van der Waals surface area contributed by atoms with E-state index < -0.39 is 5.60 Å². The van der Waals surface area contributed by atoms with Crippen molar-refractivity contribution in [3.8, 4) is 0 Å². The fourth-order valence-electron chi connectivity index (χ4n) is 2.83. The van der Waals surface area contributed by atoms with Gasteiger partial charge in [-0.2, -0.15) is 0 Å². The highest BCUT2D eigenvalue weighted by Crippen LogP contribution is 2.31. The van der Waals surface area contributed by atoms with Crippen LogP contribution in [0.1, 0.15) is 45.4 Å². The largest absolute Gasteiger partial charge is 0.388 e. The van der Waals surface area contributed by atoms with Crippen LogP contribution in [-0.4, -0.2) is 60.8 Å². The molecule has 0 spiro atoms. The van der Waals surface area contributed by atoms with E-state index in [9.17, 15) is 5.11 Å². The lowest BCUT2D eigenvalue weighted by molar-refractivity contribution is -0.0236. The highest BCUT2D eigenvalue weighted by molar-refractivity contribution is 5.79. The van der Waals surface area contributed by atoms with Gasteiger partial charge in [-0.05, 0) is 52.1 Å². The van der Waals surface area contributed by atoms with Crippen molar-refractivity contribution in [3.63, 3.8) is 0 Å². The quantitative estimate of drug-likeness (QED) is 0.501. The third-order valence-corrected chi connectivity index (χ3v) is 4.33. The maximum atomic E-state index is 10.1. The molecular weight excluding hydrogens is 252 g/mol. The molecule has 5 heteroatoms. The van der Waals surface area contributed by atoms with E-state index >= 15 is 0 Å². The van der Waals surface area contributed by atoms with E-state index in [-0.39, 0.29) is 0 Å². The molecule has 116 valence electrons. The minimum atomic E-state index is -0.533. The normalized spacial score (nSPS) is 23.2. The van der Waals surface area contributed by atoms with Crippen LogP contribution in [0.3, 0.4) is 0 Å². The number of piperidine rings is 1. The number of nitrogens with zero attached hydrogens (tertiary/aromatic N) is 2. The molecule has 20 heavy (non-hydrogen) atoms. The second kappa shape index (κ2) is 7.84. The van der Waals surface area contributed by atoms with Gasteiger partial charge in [0.1, 0.15) is 0 Å². The van der Waals surface area contributed by atoms with Crippen LogP contribution in [0.2, 0.25) is 0 Å². The number of hydrogen-bond acceptors (Lipinski definition) is 3. The average Bonchev–Trinajstić information content (AvgIpc) is 2.44. The van der Waals surface area contributed by atoms with Crippen molar-refractivity contribution in [1.29, 1.82) is 0 Å². The molecule has 1 aliphatic heterocycles. The summed E-state index contributed by atoms with van der Waals surface area (Å²) in [5, 5.41) is 16.7. The first-order valence-corrected chi connectivity index (χ1v) is 8.19. The van der Waals surface area contributed by atoms with Gasteiger partial charge in [0.05, 0.1) is 12.1 Å². The van der Waals surface area contributed by atoms with Crippen LogP contribution in [0.25, 0.3) is 0 Å². The van der Waals surface area contributed by atoms with Gasteiger partial charge in [-0.25, -0.2) is 0 Å². The molecule has 1 saturated carbocycles. The van der Waals surface area contributed by atoms with Gasteiger partial charge in [-0.3, -0.25) is 4.99 Å². The van der Waals surface area contributed by atoms with Crippen molar-refractivity contribution >= 4 is 5.96 Å². The van der Waals surface area contributed by atoms with E-state index in [4.69, 9.17) is 0 Å². The topological polar surface area (TPSA) is 59.9 Å². The van der Waals surface area contributed by atoms with Crippen molar-refractivity contribution in [2.45, 2.75) is 51.0 Å². The molecule has 0 atom stereocenters. The van der Waals surface area contributed by atoms with Crippen LogP contribution in [0.5, 0.6) is 0 Å². The number of aliphatic hydroxyl groups is 1. The molecule has 2 aliphatic rings. The number of rotatable bonds is 6. The standard InChI is InChI=1S/C15H30N4O/c1-2-16-14(18-13-15(20)7-6-8-15)17-9-12-19-10-4-3-5-11-19/h20H,2-13H2,1H3,(H2,16,17,18). The highest BCUT2D eigenvalue weighted by atomic mass is 16.3. The Balaban J connectivity index is 1.69. The summed E-state index contributed by atoms with van der Waals surface area (Å²) in [7, 11) is 0. The van der Waals surface area contributed by atoms with Crippen LogP contribution in [-0.2, 0) is 0 Å². The molecule has 1 saturated heterocycles. The molecule has 3 N–H and O–H groups in total. The third kappa shape index (κ3) is 4.94. The molecule has 0 aromatic rings. The number of hydrogen-bond donors (Lipinski definition) is 3. The lowest BCUT2D eigenvalue weighted by atomic mass is 9.80. The molecule has 2 fully saturated rings. The van der Waals surface area contributed by atoms with E-state index in [0.29, 0.717) is 6.54 Å². The van der Waals surface area contributed by atoms with E-state index in [1.807, 2.05) is 0 Å². The van der Waals surface area contributed by atoms with Gasteiger partial charge in [-0.15, -0.1) is 0 Å². The summed E-state index contributed by atoms with van der Waals surface area (Å²) in [6, 6.07) is 0. The summed E-state index contributed by atoms with van der Waals surface area (Å²) in [6.07, 6.45) is 6.97. The smallest absolute Gasteiger partial charge is 0.191 e. The fraction of sp³-hybridized carbons (Fsp3) is 0.933. The highest BCUT2D eigenvalue weighted by Gasteiger charge is 2.34. The number of nitrogens with one attached hydrogen (secondary N) is 2. The maximum Gasteiger partial charge on any atom is 0.191 e. The summed E-state index contributed by atoms with van der Waals surface area (Å²) in [5.41, 5.74) is -0.533. The minimum Gasteiger partial charge on any atom is -0.388 e. The fourth-order valence-corrected chi connectivity index (χ4v) is 2.83. The number of aliphatic imine (C=N–C) groups is 1. The Morgan fingerprint density at radius 3 is 2.50 bits per heavy atom. The molecule has 0 aromatic carbocycles. The molecule has 0 unspecified atom stereocenters. The number of likely N-dealkylation sites (tertiary alicyclic amines) is 1. The lowest BCUT2D eigenvalue weighted by Gasteiger charge is -2.35. The summed E-state index contributed by atoms with van der Waals surface area (Å²) in [5.74, 6) is 0.838. The van der Waals surface area contributed by atoms with E-state index in [1.165, 1.54) is 32.4 Å². The summed E-state index contributed by atoms with van der Waals surface area (Å²) in [4.78, 5) is 7.03. The molecule has 0 amide bonds. The average molecular weight is 282 g/mol. The number of guanidine groups is 1. The molecule has 1 heterocycles. The first kappa shape index (κ1) is 15.6. The zero-order valence-corrected chi connectivity index (χ0v) is 12.8. The Bertz CT molecular complexity index is 309. The van der Waals surface area contributed by atoms with E-state index in [2.05, 4.69) is 27.4 Å². The van der Waals surface area contributed by atoms with Crippen LogP contribution < -0.4 is 10.6 Å².